The average molecular weight is 392 g/mol. The van der Waals surface area contributed by atoms with Crippen LogP contribution in [0.4, 0.5) is 11.4 Å². The molecule has 1 atom stereocenters. The molecule has 1 aliphatic heterocycles. The van der Waals surface area contributed by atoms with Gasteiger partial charge in [0.25, 0.3) is 11.6 Å². The highest BCUT2D eigenvalue weighted by Gasteiger charge is 2.18. The van der Waals surface area contributed by atoms with E-state index in [0.717, 1.165) is 11.8 Å². The van der Waals surface area contributed by atoms with Gasteiger partial charge in [-0.05, 0) is 24.3 Å². The number of anilines is 1. The van der Waals surface area contributed by atoms with Crippen molar-refractivity contribution in [3.8, 4) is 11.5 Å². The van der Waals surface area contributed by atoms with E-state index in [1.807, 2.05) is 0 Å². The van der Waals surface area contributed by atoms with Gasteiger partial charge in [-0.3, -0.25) is 14.9 Å². The Morgan fingerprint density at radius 1 is 1.26 bits per heavy atom. The van der Waals surface area contributed by atoms with Crippen molar-refractivity contribution < 1.29 is 29.4 Å². The fraction of sp³-hybridized carbons (Fsp3) is 0.235. The first kappa shape index (κ1) is 19.0. The summed E-state index contributed by atoms with van der Waals surface area (Å²) in [5.74, 6) is 0.701. The van der Waals surface area contributed by atoms with Crippen molar-refractivity contribution in [1.29, 1.82) is 0 Å². The molecule has 0 saturated heterocycles. The number of thioether (sulfide) groups is 1. The monoisotopic (exact) mass is 392 g/mol. The summed E-state index contributed by atoms with van der Waals surface area (Å²) in [6, 6.07) is 8.85. The van der Waals surface area contributed by atoms with Gasteiger partial charge in [0.1, 0.15) is 0 Å². The largest absolute Gasteiger partial charge is 0.454 e. The number of nitro benzene ring substituents is 1. The highest BCUT2D eigenvalue weighted by atomic mass is 32.2. The molecule has 1 amide bonds. The molecule has 9 nitrogen and oxygen atoms in total. The van der Waals surface area contributed by atoms with Crippen molar-refractivity contribution in [3.05, 3.63) is 52.1 Å². The molecule has 1 heterocycles. The second-order valence-electron chi connectivity index (χ2n) is 5.64. The Kier molecular flexibility index (Phi) is 5.79. The van der Waals surface area contributed by atoms with Gasteiger partial charge >= 0.3 is 0 Å². The maximum Gasteiger partial charge on any atom is 0.272 e. The van der Waals surface area contributed by atoms with Crippen LogP contribution in [0.15, 0.2) is 41.3 Å². The van der Waals surface area contributed by atoms with E-state index in [2.05, 4.69) is 5.32 Å². The lowest BCUT2D eigenvalue weighted by Crippen LogP contribution is -2.14. The molecular formula is C17H16N2O7S. The van der Waals surface area contributed by atoms with Crippen LogP contribution in [0, 0.1) is 10.1 Å². The molecule has 2 aromatic rings. The topological polar surface area (TPSA) is 131 Å². The number of aliphatic hydroxyl groups is 2. The number of carbonyl (C=O) groups excluding carboxylic acids is 1. The maximum absolute atomic E-state index is 12.5. The molecule has 0 unspecified atom stereocenters. The number of non-ortho nitro benzene ring substituents is 1. The van der Waals surface area contributed by atoms with Crippen LogP contribution in [0.25, 0.3) is 0 Å². The van der Waals surface area contributed by atoms with Crippen LogP contribution in [0.5, 0.6) is 11.5 Å². The molecule has 0 spiro atoms. The predicted octanol–water partition coefficient (Wildman–Crippen LogP) is 2.02. The van der Waals surface area contributed by atoms with E-state index in [9.17, 15) is 20.0 Å². The normalized spacial score (nSPS) is 13.3. The summed E-state index contributed by atoms with van der Waals surface area (Å²) in [4.78, 5) is 23.5. The van der Waals surface area contributed by atoms with E-state index < -0.39 is 23.5 Å². The number of rotatable bonds is 7. The molecule has 0 aliphatic carbocycles. The Bertz CT molecular complexity index is 874. The third kappa shape index (κ3) is 4.67. The van der Waals surface area contributed by atoms with E-state index in [1.54, 1.807) is 18.2 Å². The Balaban J connectivity index is 1.79. The fourth-order valence-electron chi connectivity index (χ4n) is 2.33. The van der Waals surface area contributed by atoms with Crippen molar-refractivity contribution in [2.24, 2.45) is 0 Å². The van der Waals surface area contributed by atoms with E-state index >= 15 is 0 Å². The number of nitrogens with one attached hydrogen (secondary N) is 1. The van der Waals surface area contributed by atoms with Gasteiger partial charge in [0.2, 0.25) is 6.79 Å². The van der Waals surface area contributed by atoms with Gasteiger partial charge in [-0.15, -0.1) is 11.8 Å². The number of hydrogen-bond acceptors (Lipinski definition) is 8. The summed E-state index contributed by atoms with van der Waals surface area (Å²) in [6.07, 6.45) is -0.944. The third-order valence-electron chi connectivity index (χ3n) is 3.65. The lowest BCUT2D eigenvalue weighted by atomic mass is 10.2. The first-order chi connectivity index (χ1) is 13.0. The first-order valence-corrected chi connectivity index (χ1v) is 8.87. The van der Waals surface area contributed by atoms with Crippen LogP contribution in [0.2, 0.25) is 0 Å². The lowest BCUT2D eigenvalue weighted by Gasteiger charge is -2.10. The summed E-state index contributed by atoms with van der Waals surface area (Å²) in [5, 5.41) is 32.1. The van der Waals surface area contributed by atoms with Gasteiger partial charge in [-0.1, -0.05) is 0 Å². The summed E-state index contributed by atoms with van der Waals surface area (Å²) in [6.45, 7) is -0.318. The smallest absolute Gasteiger partial charge is 0.272 e. The number of carbonyl (C=O) groups is 1. The zero-order chi connectivity index (χ0) is 19.4. The van der Waals surface area contributed by atoms with Crippen LogP contribution in [-0.2, 0) is 0 Å². The number of nitro groups is 1. The van der Waals surface area contributed by atoms with E-state index in [4.69, 9.17) is 14.6 Å². The van der Waals surface area contributed by atoms with Crippen LogP contribution in [0.3, 0.4) is 0 Å². The highest BCUT2D eigenvalue weighted by molar-refractivity contribution is 7.99. The molecule has 142 valence electrons. The van der Waals surface area contributed by atoms with Gasteiger partial charge in [-0.2, -0.15) is 0 Å². The number of benzene rings is 2. The Morgan fingerprint density at radius 3 is 2.78 bits per heavy atom. The fourth-order valence-corrected chi connectivity index (χ4v) is 3.24. The molecule has 1 aliphatic rings. The van der Waals surface area contributed by atoms with Gasteiger partial charge < -0.3 is 25.0 Å². The van der Waals surface area contributed by atoms with Gasteiger partial charge in [0, 0.05) is 34.0 Å². The Morgan fingerprint density at radius 2 is 2.04 bits per heavy atom. The second-order valence-corrected chi connectivity index (χ2v) is 6.74. The van der Waals surface area contributed by atoms with Gasteiger partial charge in [0.05, 0.1) is 17.6 Å². The second kappa shape index (κ2) is 8.25. The molecule has 0 aromatic heterocycles. The standard InChI is InChI=1S/C17H16N2O7S/c20-7-13(21)8-27-14-5-11(4-12(6-14)19(23)24)18-17(22)10-1-2-15-16(3-10)26-9-25-15/h1-6,13,20-21H,7-9H2,(H,18,22)/t13-/m0/s1. The minimum absolute atomic E-state index is 0.0888. The van der Waals surface area contributed by atoms with E-state index in [0.29, 0.717) is 22.0 Å². The number of fused-ring (bicyclic) bond motifs is 1. The molecule has 10 heteroatoms. The molecule has 0 bridgehead atoms. The molecule has 27 heavy (non-hydrogen) atoms. The highest BCUT2D eigenvalue weighted by Crippen LogP contribution is 2.33. The van der Waals surface area contributed by atoms with Crippen molar-refractivity contribution in [2.75, 3.05) is 24.5 Å². The van der Waals surface area contributed by atoms with Gasteiger partial charge in [-0.25, -0.2) is 0 Å². The summed E-state index contributed by atoms with van der Waals surface area (Å²) in [5.41, 5.74) is 0.364. The Hall–Kier alpha value is -2.82. The number of aliphatic hydroxyl groups excluding tert-OH is 2. The molecule has 3 rings (SSSR count). The zero-order valence-electron chi connectivity index (χ0n) is 14.0. The zero-order valence-corrected chi connectivity index (χ0v) is 14.8. The van der Waals surface area contributed by atoms with Crippen LogP contribution in [-0.4, -0.2) is 46.3 Å². The van der Waals surface area contributed by atoms with Crippen molar-refractivity contribution in [2.45, 2.75) is 11.0 Å². The number of nitrogens with zero attached hydrogens (tertiary/aromatic N) is 1. The predicted molar refractivity (Wildman–Crippen MR) is 97.4 cm³/mol. The Labute approximate surface area is 158 Å². The molecule has 0 saturated carbocycles. The molecule has 3 N–H and O–H groups in total. The summed E-state index contributed by atoms with van der Waals surface area (Å²) in [7, 11) is 0. The van der Waals surface area contributed by atoms with Crippen LogP contribution >= 0.6 is 11.8 Å². The number of ether oxygens (including phenoxy) is 2. The number of amides is 1. The molecule has 0 radical (unpaired) electrons. The minimum atomic E-state index is -0.944. The molecule has 2 aromatic carbocycles. The quantitative estimate of drug-likeness (QED) is 0.370. The van der Waals surface area contributed by atoms with Crippen molar-refractivity contribution >= 4 is 29.0 Å². The molecular weight excluding hydrogens is 376 g/mol. The first-order valence-electron chi connectivity index (χ1n) is 7.88. The van der Waals surface area contributed by atoms with E-state index in [-0.39, 0.29) is 23.9 Å². The minimum Gasteiger partial charge on any atom is -0.454 e. The van der Waals surface area contributed by atoms with E-state index in [1.165, 1.54) is 18.2 Å². The van der Waals surface area contributed by atoms with Crippen molar-refractivity contribution in [1.82, 2.24) is 0 Å². The maximum atomic E-state index is 12.5. The van der Waals surface area contributed by atoms with Crippen LogP contribution in [0.1, 0.15) is 10.4 Å². The SMILES string of the molecule is O=C(Nc1cc(SC[C@@H](O)CO)cc([N+](=O)[O-])c1)c1ccc2c(c1)OCO2. The van der Waals surface area contributed by atoms with Crippen LogP contribution < -0.4 is 14.8 Å². The average Bonchev–Trinajstić information content (AvgIpc) is 3.13. The summed E-state index contributed by atoms with van der Waals surface area (Å²) < 4.78 is 10.4. The lowest BCUT2D eigenvalue weighted by molar-refractivity contribution is -0.385. The number of hydrogen-bond donors (Lipinski definition) is 3. The van der Waals surface area contributed by atoms with Crippen molar-refractivity contribution in [3.63, 3.8) is 0 Å². The summed E-state index contributed by atoms with van der Waals surface area (Å²) >= 11 is 1.14. The third-order valence-corrected chi connectivity index (χ3v) is 4.77. The molecule has 0 fully saturated rings. The van der Waals surface area contributed by atoms with Gasteiger partial charge in [0.15, 0.2) is 11.5 Å².